The van der Waals surface area contributed by atoms with E-state index in [1.807, 2.05) is 49.3 Å². The number of nitrogens with one attached hydrogen (secondary N) is 2. The van der Waals surface area contributed by atoms with Crippen molar-refractivity contribution in [3.8, 4) is 11.3 Å². The van der Waals surface area contributed by atoms with Crippen molar-refractivity contribution in [1.29, 1.82) is 0 Å². The van der Waals surface area contributed by atoms with Crippen LogP contribution in [-0.4, -0.2) is 73.5 Å². The van der Waals surface area contributed by atoms with Crippen LogP contribution >= 0.6 is 0 Å². The lowest BCUT2D eigenvalue weighted by Gasteiger charge is -2.18. The van der Waals surface area contributed by atoms with Crippen molar-refractivity contribution >= 4 is 29.2 Å². The van der Waals surface area contributed by atoms with Gasteiger partial charge in [-0.25, -0.2) is 14.8 Å². The number of carbonyl (C=O) groups is 2. The van der Waals surface area contributed by atoms with Gasteiger partial charge in [0.1, 0.15) is 12.2 Å². The number of rotatable bonds is 7. The third kappa shape index (κ3) is 5.55. The molecule has 3 heterocycles. The molecule has 0 saturated carbocycles. The molecule has 0 bridgehead atoms. The Bertz CT molecular complexity index is 1260. The molecular formula is C27H29N5O5. The third-order valence-corrected chi connectivity index (χ3v) is 6.45. The molecule has 0 radical (unpaired) electrons. The lowest BCUT2D eigenvalue weighted by Crippen LogP contribution is -2.38. The van der Waals surface area contributed by atoms with E-state index in [0.717, 1.165) is 16.9 Å². The molecule has 2 aliphatic heterocycles. The average molecular weight is 504 g/mol. The fourth-order valence-electron chi connectivity index (χ4n) is 4.45. The van der Waals surface area contributed by atoms with E-state index in [1.165, 1.54) is 6.92 Å². The second kappa shape index (κ2) is 10.5. The number of hydrogen-bond acceptors (Lipinski definition) is 9. The number of hydrogen-bond donors (Lipinski definition) is 2. The molecular weight excluding hydrogens is 474 g/mol. The number of benzene rings is 2. The maximum absolute atomic E-state index is 12.4. The molecule has 2 aliphatic rings. The number of nitrogens with zero attached hydrogens (tertiary/aromatic N) is 3. The van der Waals surface area contributed by atoms with Gasteiger partial charge in [0, 0.05) is 42.8 Å². The summed E-state index contributed by atoms with van der Waals surface area (Å²) < 4.78 is 17.4. The van der Waals surface area contributed by atoms with E-state index in [9.17, 15) is 9.59 Å². The average Bonchev–Trinajstić information content (AvgIpc) is 3.48. The van der Waals surface area contributed by atoms with Gasteiger partial charge < -0.3 is 24.4 Å². The summed E-state index contributed by atoms with van der Waals surface area (Å²) in [7, 11) is 4.00. The topological polar surface area (TPSA) is 115 Å². The maximum Gasteiger partial charge on any atom is 0.412 e. The molecule has 10 nitrogen and oxygen atoms in total. The van der Waals surface area contributed by atoms with Crippen molar-refractivity contribution in [3.63, 3.8) is 0 Å². The summed E-state index contributed by atoms with van der Waals surface area (Å²) in [6.07, 6.45) is -0.145. The highest BCUT2D eigenvalue weighted by molar-refractivity contribution is 5.95. The van der Waals surface area contributed by atoms with Gasteiger partial charge in [0.25, 0.3) is 0 Å². The van der Waals surface area contributed by atoms with Gasteiger partial charge in [-0.2, -0.15) is 0 Å². The smallest absolute Gasteiger partial charge is 0.412 e. The number of fused-ring (bicyclic) bond motifs is 1. The van der Waals surface area contributed by atoms with Crippen molar-refractivity contribution in [3.05, 3.63) is 66.4 Å². The van der Waals surface area contributed by atoms with Gasteiger partial charge >= 0.3 is 6.09 Å². The van der Waals surface area contributed by atoms with Gasteiger partial charge in [0.05, 0.1) is 24.9 Å². The molecule has 2 aromatic carbocycles. The van der Waals surface area contributed by atoms with Crippen LogP contribution in [0.15, 0.2) is 60.8 Å². The molecule has 10 heteroatoms. The summed E-state index contributed by atoms with van der Waals surface area (Å²) in [4.78, 5) is 34.9. The summed E-state index contributed by atoms with van der Waals surface area (Å²) >= 11 is 0. The Kier molecular flexibility index (Phi) is 7.02. The number of anilines is 3. The molecule has 1 aromatic heterocycles. The molecule has 3 aromatic rings. The Hall–Kier alpha value is -4.02. The Morgan fingerprint density at radius 1 is 0.973 bits per heavy atom. The van der Waals surface area contributed by atoms with Crippen molar-refractivity contribution in [2.45, 2.75) is 31.3 Å². The summed E-state index contributed by atoms with van der Waals surface area (Å²) in [5.41, 5.74) is 4.01. The molecule has 2 saturated heterocycles. The first-order chi connectivity index (χ1) is 17.9. The zero-order valence-electron chi connectivity index (χ0n) is 20.9. The number of ether oxygens (including phenoxy) is 3. The molecule has 2 fully saturated rings. The van der Waals surface area contributed by atoms with E-state index >= 15 is 0 Å². The van der Waals surface area contributed by atoms with Gasteiger partial charge in [0.2, 0.25) is 5.95 Å². The molecule has 5 rings (SSSR count). The standard InChI is InChI=1S/C27H29N5O5/c1-16(33)17-4-8-19(9-5-17)29-27(34)37-23-15-36-24-22(14-35-25(23)24)31-26-28-13-12-21(30-26)18-6-10-20(11-7-18)32(2)3/h4-13,22-25H,14-15H2,1-3H3,(H,29,34)(H,28,30,31)/t22-,23+,24+,25+/m0/s1. The highest BCUT2D eigenvalue weighted by Crippen LogP contribution is 2.31. The fourth-order valence-corrected chi connectivity index (χ4v) is 4.45. The summed E-state index contributed by atoms with van der Waals surface area (Å²) in [6.45, 7) is 2.08. The van der Waals surface area contributed by atoms with E-state index in [-0.39, 0.29) is 24.5 Å². The van der Waals surface area contributed by atoms with Gasteiger partial charge in [-0.3, -0.25) is 10.1 Å². The van der Waals surface area contributed by atoms with E-state index in [4.69, 9.17) is 14.2 Å². The number of aromatic nitrogens is 2. The van der Waals surface area contributed by atoms with Crippen molar-refractivity contribution in [2.24, 2.45) is 0 Å². The number of Topliss-reactive ketones (excluding diaryl/α,β-unsaturated/α-hetero) is 1. The van der Waals surface area contributed by atoms with Crippen LogP contribution in [0.3, 0.4) is 0 Å². The molecule has 0 aliphatic carbocycles. The maximum atomic E-state index is 12.4. The fraction of sp³-hybridized carbons (Fsp3) is 0.333. The van der Waals surface area contributed by atoms with Crippen LogP contribution in [-0.2, 0) is 14.2 Å². The molecule has 4 atom stereocenters. The largest absolute Gasteiger partial charge is 0.441 e. The zero-order valence-corrected chi connectivity index (χ0v) is 20.9. The second-order valence-electron chi connectivity index (χ2n) is 9.26. The Morgan fingerprint density at radius 3 is 2.41 bits per heavy atom. The molecule has 2 N–H and O–H groups in total. The van der Waals surface area contributed by atoms with Gasteiger partial charge in [-0.05, 0) is 49.4 Å². The van der Waals surface area contributed by atoms with Crippen LogP contribution in [0.4, 0.5) is 22.1 Å². The van der Waals surface area contributed by atoms with Crippen LogP contribution in [0.25, 0.3) is 11.3 Å². The molecule has 1 amide bonds. The van der Waals surface area contributed by atoms with Crippen molar-refractivity contribution < 1.29 is 23.8 Å². The molecule has 37 heavy (non-hydrogen) atoms. The summed E-state index contributed by atoms with van der Waals surface area (Å²) in [6, 6.07) is 16.4. The van der Waals surface area contributed by atoms with Crippen LogP contribution in [0, 0.1) is 0 Å². The highest BCUT2D eigenvalue weighted by atomic mass is 16.6. The minimum Gasteiger partial charge on any atom is -0.441 e. The van der Waals surface area contributed by atoms with Crippen molar-refractivity contribution in [2.75, 3.05) is 42.8 Å². The number of amides is 1. The first-order valence-corrected chi connectivity index (χ1v) is 12.1. The SMILES string of the molecule is CC(=O)c1ccc(NC(=O)O[C@@H]2CO[C@H]3[C@@H]2OC[C@@H]3Nc2nccc(-c3ccc(N(C)C)cc3)n2)cc1. The highest BCUT2D eigenvalue weighted by Gasteiger charge is 2.49. The zero-order chi connectivity index (χ0) is 25.9. The molecule has 192 valence electrons. The van der Waals surface area contributed by atoms with Gasteiger partial charge in [-0.15, -0.1) is 0 Å². The predicted molar refractivity (Wildman–Crippen MR) is 139 cm³/mol. The summed E-state index contributed by atoms with van der Waals surface area (Å²) in [5, 5.41) is 5.99. The van der Waals surface area contributed by atoms with E-state index in [1.54, 1.807) is 30.5 Å². The second-order valence-corrected chi connectivity index (χ2v) is 9.26. The Balaban J connectivity index is 1.17. The van der Waals surface area contributed by atoms with Crippen LogP contribution in [0.1, 0.15) is 17.3 Å². The number of carbonyl (C=O) groups excluding carboxylic acids is 2. The quantitative estimate of drug-likeness (QED) is 0.467. The minimum atomic E-state index is -0.610. The Morgan fingerprint density at radius 2 is 1.70 bits per heavy atom. The van der Waals surface area contributed by atoms with Gasteiger partial charge in [0.15, 0.2) is 11.9 Å². The van der Waals surface area contributed by atoms with Crippen LogP contribution in [0.2, 0.25) is 0 Å². The van der Waals surface area contributed by atoms with E-state index in [0.29, 0.717) is 23.8 Å². The molecule has 0 unspecified atom stereocenters. The lowest BCUT2D eigenvalue weighted by atomic mass is 10.1. The monoisotopic (exact) mass is 503 g/mol. The van der Waals surface area contributed by atoms with E-state index in [2.05, 4.69) is 20.6 Å². The third-order valence-electron chi connectivity index (χ3n) is 6.45. The molecule has 0 spiro atoms. The first-order valence-electron chi connectivity index (χ1n) is 12.1. The first kappa shape index (κ1) is 24.7. The van der Waals surface area contributed by atoms with Crippen molar-refractivity contribution in [1.82, 2.24) is 9.97 Å². The van der Waals surface area contributed by atoms with Gasteiger partial charge in [-0.1, -0.05) is 12.1 Å². The van der Waals surface area contributed by atoms with E-state index < -0.39 is 18.3 Å². The van der Waals surface area contributed by atoms with Crippen LogP contribution in [0.5, 0.6) is 0 Å². The number of ketones is 1. The lowest BCUT2D eigenvalue weighted by molar-refractivity contribution is 0.00917. The normalized spacial score (nSPS) is 22.2. The predicted octanol–water partition coefficient (Wildman–Crippen LogP) is 3.61. The minimum absolute atomic E-state index is 0.0411. The summed E-state index contributed by atoms with van der Waals surface area (Å²) in [5.74, 6) is 0.434. The Labute approximate surface area is 215 Å². The van der Waals surface area contributed by atoms with Crippen LogP contribution < -0.4 is 15.5 Å².